The Morgan fingerprint density at radius 2 is 1.44 bits per heavy atom. The van der Waals surface area contributed by atoms with Gasteiger partial charge in [-0.05, 0) is 55.9 Å². The molecular weight excluding hydrogens is 432 g/mol. The van der Waals surface area contributed by atoms with E-state index in [2.05, 4.69) is 22.8 Å². The number of ether oxygens (including phenoxy) is 1. The van der Waals surface area contributed by atoms with Crippen molar-refractivity contribution >= 4 is 18.0 Å². The Morgan fingerprint density at radius 3 is 1.91 bits per heavy atom. The van der Waals surface area contributed by atoms with Crippen molar-refractivity contribution in [3.05, 3.63) is 59.7 Å². The molecule has 3 N–H and O–H groups in total. The van der Waals surface area contributed by atoms with Gasteiger partial charge in [-0.15, -0.1) is 0 Å². The van der Waals surface area contributed by atoms with Gasteiger partial charge in [0.25, 0.3) is 0 Å². The van der Waals surface area contributed by atoms with Crippen LogP contribution in [0, 0.1) is 11.3 Å². The van der Waals surface area contributed by atoms with Crippen molar-refractivity contribution in [3.63, 3.8) is 0 Å². The van der Waals surface area contributed by atoms with Gasteiger partial charge in [0.2, 0.25) is 5.91 Å². The predicted molar refractivity (Wildman–Crippen MR) is 130 cm³/mol. The van der Waals surface area contributed by atoms with Crippen LogP contribution >= 0.6 is 0 Å². The lowest BCUT2D eigenvalue weighted by molar-refractivity contribution is -0.152. The lowest BCUT2D eigenvalue weighted by Crippen LogP contribution is -2.61. The van der Waals surface area contributed by atoms with E-state index in [1.807, 2.05) is 50.2 Å². The number of carboxylic acids is 1. The molecule has 7 heteroatoms. The second-order valence-electron chi connectivity index (χ2n) is 10.2. The Hall–Kier alpha value is -3.35. The van der Waals surface area contributed by atoms with Crippen LogP contribution in [0.4, 0.5) is 4.79 Å². The minimum Gasteiger partial charge on any atom is -0.481 e. The van der Waals surface area contributed by atoms with E-state index in [1.54, 1.807) is 27.7 Å². The molecule has 1 atom stereocenters. The smallest absolute Gasteiger partial charge is 0.407 e. The molecule has 0 heterocycles. The zero-order chi connectivity index (χ0) is 25.3. The molecule has 34 heavy (non-hydrogen) atoms. The highest BCUT2D eigenvalue weighted by molar-refractivity contribution is 5.87. The maximum Gasteiger partial charge on any atom is 0.407 e. The lowest BCUT2D eigenvalue weighted by atomic mass is 9.74. The second-order valence-corrected chi connectivity index (χ2v) is 10.2. The first-order chi connectivity index (χ1) is 15.9. The molecule has 0 saturated carbocycles. The van der Waals surface area contributed by atoms with Crippen LogP contribution in [0.2, 0.25) is 0 Å². The zero-order valence-corrected chi connectivity index (χ0v) is 20.6. The molecule has 3 rings (SSSR count). The molecule has 182 valence electrons. The number of hydrogen-bond acceptors (Lipinski definition) is 4. The molecule has 7 nitrogen and oxygen atoms in total. The highest BCUT2D eigenvalue weighted by atomic mass is 16.5. The van der Waals surface area contributed by atoms with Crippen molar-refractivity contribution in [2.45, 2.75) is 59.0 Å². The predicted octanol–water partition coefficient (Wildman–Crippen LogP) is 4.56. The van der Waals surface area contributed by atoms with Gasteiger partial charge < -0.3 is 20.5 Å². The van der Waals surface area contributed by atoms with Gasteiger partial charge in [0.05, 0.1) is 11.0 Å². The van der Waals surface area contributed by atoms with E-state index < -0.39 is 35.0 Å². The molecule has 2 aromatic carbocycles. The van der Waals surface area contributed by atoms with E-state index >= 15 is 0 Å². The topological polar surface area (TPSA) is 105 Å². The number of alkyl carbamates (subject to hydrolysis) is 1. The van der Waals surface area contributed by atoms with E-state index in [-0.39, 0.29) is 18.4 Å². The third-order valence-electron chi connectivity index (χ3n) is 7.10. The van der Waals surface area contributed by atoms with Crippen LogP contribution in [-0.2, 0) is 14.3 Å². The van der Waals surface area contributed by atoms with Crippen LogP contribution in [0.3, 0.4) is 0 Å². The Balaban J connectivity index is 1.68. The molecule has 0 spiro atoms. The number of carboxylic acid groups (broad SMARTS) is 1. The molecular formula is C27H34N2O5. The number of aliphatic carboxylic acids is 1. The molecule has 2 aromatic rings. The van der Waals surface area contributed by atoms with Crippen molar-refractivity contribution in [1.82, 2.24) is 10.6 Å². The normalized spacial score (nSPS) is 14.2. The monoisotopic (exact) mass is 466 g/mol. The highest BCUT2D eigenvalue weighted by Crippen LogP contribution is 2.44. The standard InChI is InChI=1S/C27H34N2O5/c1-16(2)22(23(30)29-27(5,6)26(3,4)24(31)32)28-25(33)34-15-21-19-13-9-7-11-17(19)18-12-8-10-14-20(18)21/h7-14,16,21-22H,15H2,1-6H3,(H,28,33)(H,29,30)(H,31,32)/t22-/m1/s1. The van der Waals surface area contributed by atoms with Gasteiger partial charge in [-0.1, -0.05) is 62.4 Å². The van der Waals surface area contributed by atoms with Crippen molar-refractivity contribution in [1.29, 1.82) is 0 Å². The first-order valence-corrected chi connectivity index (χ1v) is 11.5. The quantitative estimate of drug-likeness (QED) is 0.529. The molecule has 0 unspecified atom stereocenters. The van der Waals surface area contributed by atoms with Crippen LogP contribution in [0.5, 0.6) is 0 Å². The number of amides is 2. The number of nitrogens with one attached hydrogen (secondary N) is 2. The van der Waals surface area contributed by atoms with Gasteiger partial charge in [-0.25, -0.2) is 4.79 Å². The van der Waals surface area contributed by atoms with E-state index in [0.717, 1.165) is 22.3 Å². The Bertz CT molecular complexity index is 1040. The third-order valence-corrected chi connectivity index (χ3v) is 7.10. The number of rotatable bonds is 8. The summed E-state index contributed by atoms with van der Waals surface area (Å²) in [6.07, 6.45) is -0.689. The van der Waals surface area contributed by atoms with E-state index in [0.29, 0.717) is 0 Å². The van der Waals surface area contributed by atoms with Crippen molar-refractivity contribution < 1.29 is 24.2 Å². The van der Waals surface area contributed by atoms with Gasteiger partial charge in [-0.3, -0.25) is 9.59 Å². The first kappa shape index (κ1) is 25.3. The summed E-state index contributed by atoms with van der Waals surface area (Å²) >= 11 is 0. The second kappa shape index (κ2) is 9.49. The maximum atomic E-state index is 13.0. The van der Waals surface area contributed by atoms with Crippen LogP contribution in [0.1, 0.15) is 58.6 Å². The van der Waals surface area contributed by atoms with Gasteiger partial charge in [0, 0.05) is 5.92 Å². The number of carbonyl (C=O) groups is 3. The lowest BCUT2D eigenvalue weighted by Gasteiger charge is -2.40. The molecule has 0 radical (unpaired) electrons. The largest absolute Gasteiger partial charge is 0.481 e. The summed E-state index contributed by atoms with van der Waals surface area (Å²) in [5.41, 5.74) is 2.21. The molecule has 0 aliphatic heterocycles. The fourth-order valence-electron chi connectivity index (χ4n) is 4.11. The number of hydrogen-bond donors (Lipinski definition) is 3. The molecule has 1 aliphatic rings. The minimum atomic E-state index is -1.21. The molecule has 2 amide bonds. The average molecular weight is 467 g/mol. The van der Waals surface area contributed by atoms with Crippen LogP contribution in [0.15, 0.2) is 48.5 Å². The Labute approximate surface area is 200 Å². The number of benzene rings is 2. The van der Waals surface area contributed by atoms with Crippen molar-refractivity contribution in [2.75, 3.05) is 6.61 Å². The van der Waals surface area contributed by atoms with E-state index in [1.165, 1.54) is 0 Å². The fourth-order valence-corrected chi connectivity index (χ4v) is 4.11. The summed E-state index contributed by atoms with van der Waals surface area (Å²) in [5.74, 6) is -1.80. The van der Waals surface area contributed by atoms with Crippen LogP contribution < -0.4 is 10.6 Å². The summed E-state index contributed by atoms with van der Waals surface area (Å²) in [7, 11) is 0. The van der Waals surface area contributed by atoms with Gasteiger partial charge in [0.1, 0.15) is 12.6 Å². The summed E-state index contributed by atoms with van der Waals surface area (Å²) < 4.78 is 5.58. The van der Waals surface area contributed by atoms with Gasteiger partial charge >= 0.3 is 12.1 Å². The number of fused-ring (bicyclic) bond motifs is 3. The summed E-state index contributed by atoms with van der Waals surface area (Å²) in [6, 6.07) is 15.3. The Kier molecular flexibility index (Phi) is 7.05. The zero-order valence-electron chi connectivity index (χ0n) is 20.6. The molecule has 0 saturated heterocycles. The van der Waals surface area contributed by atoms with Gasteiger partial charge in [-0.2, -0.15) is 0 Å². The van der Waals surface area contributed by atoms with Crippen molar-refractivity contribution in [3.8, 4) is 11.1 Å². The first-order valence-electron chi connectivity index (χ1n) is 11.5. The highest BCUT2D eigenvalue weighted by Gasteiger charge is 2.45. The molecule has 1 aliphatic carbocycles. The summed E-state index contributed by atoms with van der Waals surface area (Å²) in [6.45, 7) is 10.2. The van der Waals surface area contributed by atoms with Crippen LogP contribution in [-0.4, -0.2) is 41.3 Å². The minimum absolute atomic E-state index is 0.0835. The van der Waals surface area contributed by atoms with Crippen LogP contribution in [0.25, 0.3) is 11.1 Å². The van der Waals surface area contributed by atoms with Crippen molar-refractivity contribution in [2.24, 2.45) is 11.3 Å². The molecule has 0 bridgehead atoms. The summed E-state index contributed by atoms with van der Waals surface area (Å²) in [5, 5.41) is 15.0. The third kappa shape index (κ3) is 4.79. The van der Waals surface area contributed by atoms with E-state index in [9.17, 15) is 19.5 Å². The average Bonchev–Trinajstić information content (AvgIpc) is 3.09. The maximum absolute atomic E-state index is 13.0. The summed E-state index contributed by atoms with van der Waals surface area (Å²) in [4.78, 5) is 37.4. The fraction of sp³-hybridized carbons (Fsp3) is 0.444. The molecule has 0 aromatic heterocycles. The van der Waals surface area contributed by atoms with E-state index in [4.69, 9.17) is 4.74 Å². The Morgan fingerprint density at radius 1 is 0.941 bits per heavy atom. The number of carbonyl (C=O) groups excluding carboxylic acids is 2. The van der Waals surface area contributed by atoms with Gasteiger partial charge in [0.15, 0.2) is 0 Å². The SMILES string of the molecule is CC(C)[C@@H](NC(=O)OCC1c2ccccc2-c2ccccc21)C(=O)NC(C)(C)C(C)(C)C(=O)O. The molecule has 0 fully saturated rings.